The van der Waals surface area contributed by atoms with Crippen molar-refractivity contribution in [2.45, 2.75) is 19.9 Å². The molecule has 0 spiro atoms. The molecular formula is C11H14FN3O2. The maximum atomic E-state index is 13.6. The maximum absolute atomic E-state index is 13.6. The molecule has 1 rings (SSSR count). The molecule has 0 radical (unpaired) electrons. The lowest BCUT2D eigenvalue weighted by molar-refractivity contribution is -0.120. The second-order valence-electron chi connectivity index (χ2n) is 3.42. The Hall–Kier alpha value is -2.11. The van der Waals surface area contributed by atoms with E-state index in [1.807, 2.05) is 0 Å². The summed E-state index contributed by atoms with van der Waals surface area (Å²) in [7, 11) is 0. The highest BCUT2D eigenvalue weighted by Gasteiger charge is 2.07. The third-order valence-electron chi connectivity index (χ3n) is 2.25. The maximum Gasteiger partial charge on any atom is 0.219 e. The van der Waals surface area contributed by atoms with Crippen molar-refractivity contribution in [2.75, 3.05) is 0 Å². The lowest BCUT2D eigenvalue weighted by Crippen LogP contribution is -2.22. The lowest BCUT2D eigenvalue weighted by Gasteiger charge is -2.06. The van der Waals surface area contributed by atoms with Crippen LogP contribution in [0.3, 0.4) is 0 Å². The molecule has 0 fully saturated rings. The van der Waals surface area contributed by atoms with E-state index in [-0.39, 0.29) is 23.9 Å². The van der Waals surface area contributed by atoms with E-state index in [1.165, 1.54) is 12.1 Å². The Morgan fingerprint density at radius 1 is 1.59 bits per heavy atom. The fourth-order valence-corrected chi connectivity index (χ4v) is 1.23. The molecule has 5 nitrogen and oxygen atoms in total. The molecule has 0 saturated heterocycles. The molecule has 0 aliphatic rings. The van der Waals surface area contributed by atoms with Crippen molar-refractivity contribution in [2.24, 2.45) is 10.9 Å². The zero-order valence-electron chi connectivity index (χ0n) is 9.40. The molecule has 0 unspecified atom stereocenters. The first-order chi connectivity index (χ1) is 8.08. The summed E-state index contributed by atoms with van der Waals surface area (Å²) in [5.41, 5.74) is 5.96. The van der Waals surface area contributed by atoms with E-state index in [2.05, 4.69) is 10.5 Å². The van der Waals surface area contributed by atoms with Crippen molar-refractivity contribution in [1.82, 2.24) is 5.32 Å². The molecule has 0 aromatic heterocycles. The summed E-state index contributed by atoms with van der Waals surface area (Å²) in [5, 5.41) is 13.8. The van der Waals surface area contributed by atoms with Gasteiger partial charge < -0.3 is 16.3 Å². The molecular weight excluding hydrogens is 225 g/mol. The van der Waals surface area contributed by atoms with E-state index in [4.69, 9.17) is 10.9 Å². The minimum Gasteiger partial charge on any atom is -0.409 e. The van der Waals surface area contributed by atoms with E-state index in [9.17, 15) is 9.18 Å². The van der Waals surface area contributed by atoms with Crippen LogP contribution in [-0.4, -0.2) is 17.0 Å². The molecule has 1 aromatic carbocycles. The molecule has 17 heavy (non-hydrogen) atoms. The summed E-state index contributed by atoms with van der Waals surface area (Å²) in [4.78, 5) is 11.0. The largest absolute Gasteiger partial charge is 0.409 e. The van der Waals surface area contributed by atoms with Crippen molar-refractivity contribution >= 4 is 11.7 Å². The Balaban J connectivity index is 2.80. The molecule has 6 heteroatoms. The molecule has 0 aliphatic heterocycles. The van der Waals surface area contributed by atoms with E-state index >= 15 is 0 Å². The van der Waals surface area contributed by atoms with Crippen molar-refractivity contribution in [3.63, 3.8) is 0 Å². The number of benzene rings is 1. The average Bonchev–Trinajstić information content (AvgIpc) is 2.35. The number of oxime groups is 1. The van der Waals surface area contributed by atoms with Gasteiger partial charge in [0.05, 0.1) is 0 Å². The van der Waals surface area contributed by atoms with Crippen LogP contribution in [0.2, 0.25) is 0 Å². The van der Waals surface area contributed by atoms with Crippen molar-refractivity contribution < 1.29 is 14.4 Å². The van der Waals surface area contributed by atoms with E-state index in [1.54, 1.807) is 6.92 Å². The van der Waals surface area contributed by atoms with Gasteiger partial charge in [0.15, 0.2) is 5.84 Å². The molecule has 0 atom stereocenters. The van der Waals surface area contributed by atoms with Gasteiger partial charge >= 0.3 is 0 Å². The van der Waals surface area contributed by atoms with Crippen LogP contribution >= 0.6 is 0 Å². The number of carbonyl (C=O) groups is 1. The summed E-state index contributed by atoms with van der Waals surface area (Å²) in [6, 6.07) is 4.16. The first-order valence-electron chi connectivity index (χ1n) is 5.11. The molecule has 4 N–H and O–H groups in total. The second kappa shape index (κ2) is 5.83. The number of nitrogens with two attached hydrogens (primary N) is 1. The third kappa shape index (κ3) is 3.44. The average molecular weight is 239 g/mol. The standard InChI is InChI=1S/C11H14FN3O2/c1-2-10(16)14-6-8-4-3-7(5-9(8)12)11(13)15-17/h3-5,17H,2,6H2,1H3,(H2,13,15)(H,14,16). The summed E-state index contributed by atoms with van der Waals surface area (Å²) in [6.07, 6.45) is 0.351. The van der Waals surface area contributed by atoms with Crippen molar-refractivity contribution in [3.05, 3.63) is 35.1 Å². The predicted molar refractivity (Wildman–Crippen MR) is 61.0 cm³/mol. The number of carbonyl (C=O) groups excluding carboxylic acids is 1. The number of nitrogens with one attached hydrogen (secondary N) is 1. The number of rotatable bonds is 4. The summed E-state index contributed by atoms with van der Waals surface area (Å²) < 4.78 is 13.6. The highest BCUT2D eigenvalue weighted by atomic mass is 19.1. The lowest BCUT2D eigenvalue weighted by atomic mass is 10.1. The highest BCUT2D eigenvalue weighted by molar-refractivity contribution is 5.97. The predicted octanol–water partition coefficient (Wildman–Crippen LogP) is 0.946. The highest BCUT2D eigenvalue weighted by Crippen LogP contribution is 2.10. The molecule has 92 valence electrons. The van der Waals surface area contributed by atoms with Gasteiger partial charge in [-0.1, -0.05) is 24.2 Å². The van der Waals surface area contributed by atoms with Crippen LogP contribution in [0.5, 0.6) is 0 Å². The number of hydrogen-bond donors (Lipinski definition) is 3. The number of amidine groups is 1. The van der Waals surface area contributed by atoms with Crippen LogP contribution in [0.25, 0.3) is 0 Å². The second-order valence-corrected chi connectivity index (χ2v) is 3.42. The zero-order valence-corrected chi connectivity index (χ0v) is 9.40. The first kappa shape index (κ1) is 13.0. The fraction of sp³-hybridized carbons (Fsp3) is 0.273. The molecule has 0 bridgehead atoms. The van der Waals surface area contributed by atoms with Gasteiger partial charge in [-0.05, 0) is 6.07 Å². The van der Waals surface area contributed by atoms with Crippen LogP contribution < -0.4 is 11.1 Å². The summed E-state index contributed by atoms with van der Waals surface area (Å²) in [6.45, 7) is 1.84. The quantitative estimate of drug-likeness (QED) is 0.316. The molecule has 1 amide bonds. The number of hydrogen-bond acceptors (Lipinski definition) is 3. The smallest absolute Gasteiger partial charge is 0.219 e. The van der Waals surface area contributed by atoms with Gasteiger partial charge in [0.2, 0.25) is 5.91 Å². The van der Waals surface area contributed by atoms with Gasteiger partial charge in [-0.2, -0.15) is 0 Å². The zero-order chi connectivity index (χ0) is 12.8. The van der Waals surface area contributed by atoms with E-state index < -0.39 is 5.82 Å². The van der Waals surface area contributed by atoms with Gasteiger partial charge in [-0.25, -0.2) is 4.39 Å². The number of amides is 1. The fourth-order valence-electron chi connectivity index (χ4n) is 1.23. The van der Waals surface area contributed by atoms with Crippen LogP contribution in [0.15, 0.2) is 23.4 Å². The number of halogens is 1. The Morgan fingerprint density at radius 2 is 2.29 bits per heavy atom. The molecule has 0 aliphatic carbocycles. The van der Waals surface area contributed by atoms with Gasteiger partial charge in [-0.15, -0.1) is 0 Å². The monoisotopic (exact) mass is 239 g/mol. The van der Waals surface area contributed by atoms with E-state index in [0.717, 1.165) is 6.07 Å². The van der Waals surface area contributed by atoms with Crippen LogP contribution in [0, 0.1) is 5.82 Å². The van der Waals surface area contributed by atoms with Crippen LogP contribution in [0.1, 0.15) is 24.5 Å². The SMILES string of the molecule is CCC(=O)NCc1ccc(C(N)=NO)cc1F. The normalized spacial score (nSPS) is 11.3. The topological polar surface area (TPSA) is 87.7 Å². The van der Waals surface area contributed by atoms with Gasteiger partial charge in [0.1, 0.15) is 5.82 Å². The summed E-state index contributed by atoms with van der Waals surface area (Å²) >= 11 is 0. The van der Waals surface area contributed by atoms with Crippen molar-refractivity contribution in [1.29, 1.82) is 0 Å². The van der Waals surface area contributed by atoms with Gasteiger partial charge in [-0.3, -0.25) is 4.79 Å². The molecule has 1 aromatic rings. The number of nitrogens with zero attached hydrogens (tertiary/aromatic N) is 1. The Labute approximate surface area is 98.1 Å². The van der Waals surface area contributed by atoms with Gasteiger partial charge in [0, 0.05) is 24.1 Å². The third-order valence-corrected chi connectivity index (χ3v) is 2.25. The Kier molecular flexibility index (Phi) is 4.45. The molecule has 0 heterocycles. The Morgan fingerprint density at radius 3 is 2.82 bits per heavy atom. The summed E-state index contributed by atoms with van der Waals surface area (Å²) in [5.74, 6) is -0.816. The minimum absolute atomic E-state index is 0.120. The van der Waals surface area contributed by atoms with E-state index in [0.29, 0.717) is 12.0 Å². The van der Waals surface area contributed by atoms with Crippen LogP contribution in [0.4, 0.5) is 4.39 Å². The first-order valence-corrected chi connectivity index (χ1v) is 5.11. The van der Waals surface area contributed by atoms with Crippen LogP contribution in [-0.2, 0) is 11.3 Å². The Bertz CT molecular complexity index is 446. The molecule has 0 saturated carbocycles. The van der Waals surface area contributed by atoms with Crippen molar-refractivity contribution in [3.8, 4) is 0 Å². The van der Waals surface area contributed by atoms with Gasteiger partial charge in [0.25, 0.3) is 0 Å². The minimum atomic E-state index is -0.509.